The molecule has 198 valence electrons. The van der Waals surface area contributed by atoms with E-state index in [1.165, 1.54) is 5.56 Å². The Bertz CT molecular complexity index is 1320. The number of hydrogen-bond donors (Lipinski definition) is 4. The van der Waals surface area contributed by atoms with E-state index in [-0.39, 0.29) is 11.8 Å². The van der Waals surface area contributed by atoms with Gasteiger partial charge >= 0.3 is 0 Å². The molecule has 10 heteroatoms. The Morgan fingerprint density at radius 1 is 1.22 bits per heavy atom. The van der Waals surface area contributed by atoms with Gasteiger partial charge in [0.2, 0.25) is 0 Å². The average Bonchev–Trinajstić information content (AvgIpc) is 3.45. The molecule has 0 saturated carbocycles. The molecule has 0 radical (unpaired) electrons. The SMILES string of the molecule is COCCn1cc2c(n1)CCC(c1nn(C3CCNCC3)c(C)c1-c1c(Cl)c(C)cc(N)c1C(=N)N)C2. The van der Waals surface area contributed by atoms with Crippen LogP contribution in [-0.4, -0.2) is 52.2 Å². The van der Waals surface area contributed by atoms with E-state index < -0.39 is 0 Å². The van der Waals surface area contributed by atoms with E-state index in [0.29, 0.717) is 28.9 Å². The molecular weight excluding hydrogens is 488 g/mol. The van der Waals surface area contributed by atoms with Crippen molar-refractivity contribution in [2.24, 2.45) is 5.73 Å². The number of halogens is 1. The summed E-state index contributed by atoms with van der Waals surface area (Å²) < 4.78 is 9.42. The van der Waals surface area contributed by atoms with Gasteiger partial charge in [0.15, 0.2) is 0 Å². The molecular formula is C27H37ClN8O. The summed E-state index contributed by atoms with van der Waals surface area (Å²) in [4.78, 5) is 0. The number of aryl methyl sites for hydroxylation is 2. The van der Waals surface area contributed by atoms with E-state index in [2.05, 4.69) is 23.1 Å². The monoisotopic (exact) mass is 524 g/mol. The first kappa shape index (κ1) is 25.8. The molecule has 1 aliphatic carbocycles. The van der Waals surface area contributed by atoms with Gasteiger partial charge in [-0.3, -0.25) is 14.8 Å². The number of nitrogens with one attached hydrogen (secondary N) is 2. The van der Waals surface area contributed by atoms with Gasteiger partial charge in [0, 0.05) is 47.3 Å². The number of rotatable bonds is 7. The van der Waals surface area contributed by atoms with Crippen LogP contribution < -0.4 is 16.8 Å². The van der Waals surface area contributed by atoms with Crippen LogP contribution in [-0.2, 0) is 24.1 Å². The van der Waals surface area contributed by atoms with Crippen LogP contribution in [0.4, 0.5) is 5.69 Å². The Labute approximate surface area is 223 Å². The summed E-state index contributed by atoms with van der Waals surface area (Å²) in [5, 5.41) is 22.5. The van der Waals surface area contributed by atoms with Crippen LogP contribution in [0.5, 0.6) is 0 Å². The number of amidine groups is 1. The first-order valence-electron chi connectivity index (χ1n) is 13.1. The minimum absolute atomic E-state index is 0.0836. The molecule has 3 heterocycles. The van der Waals surface area contributed by atoms with Crippen LogP contribution in [0, 0.1) is 19.3 Å². The number of nitrogen functional groups attached to an aromatic ring is 2. The third kappa shape index (κ3) is 4.76. The Morgan fingerprint density at radius 2 is 1.97 bits per heavy atom. The number of anilines is 1. The second kappa shape index (κ2) is 10.5. The number of aromatic nitrogens is 4. The molecule has 1 fully saturated rings. The summed E-state index contributed by atoms with van der Waals surface area (Å²) in [5.74, 6) is 0.113. The van der Waals surface area contributed by atoms with Crippen molar-refractivity contribution in [2.45, 2.75) is 64.5 Å². The Morgan fingerprint density at radius 3 is 2.68 bits per heavy atom. The lowest BCUT2D eigenvalue weighted by atomic mass is 9.82. The van der Waals surface area contributed by atoms with Crippen molar-refractivity contribution in [1.82, 2.24) is 24.9 Å². The number of methoxy groups -OCH3 is 1. The van der Waals surface area contributed by atoms with Crippen molar-refractivity contribution < 1.29 is 4.74 Å². The molecule has 1 unspecified atom stereocenters. The van der Waals surface area contributed by atoms with Crippen molar-refractivity contribution in [3.8, 4) is 11.1 Å². The molecule has 0 amide bonds. The molecule has 1 saturated heterocycles. The quantitative estimate of drug-likeness (QED) is 0.211. The van der Waals surface area contributed by atoms with Crippen molar-refractivity contribution in [3.63, 3.8) is 0 Å². The lowest BCUT2D eigenvalue weighted by Crippen LogP contribution is -2.30. The zero-order valence-corrected chi connectivity index (χ0v) is 22.7. The molecule has 0 bridgehead atoms. The molecule has 37 heavy (non-hydrogen) atoms. The molecule has 2 aliphatic rings. The molecule has 5 rings (SSSR count). The molecule has 3 aromatic rings. The van der Waals surface area contributed by atoms with Crippen LogP contribution in [0.15, 0.2) is 12.3 Å². The van der Waals surface area contributed by atoms with Crippen molar-refractivity contribution >= 4 is 23.1 Å². The third-order valence-corrected chi connectivity index (χ3v) is 8.35. The summed E-state index contributed by atoms with van der Waals surface area (Å²) in [5.41, 5.74) is 20.5. The van der Waals surface area contributed by atoms with Gasteiger partial charge in [0.1, 0.15) is 5.84 Å². The third-order valence-electron chi connectivity index (χ3n) is 7.86. The molecule has 0 spiro atoms. The van der Waals surface area contributed by atoms with Gasteiger partial charge in [-0.15, -0.1) is 0 Å². The lowest BCUT2D eigenvalue weighted by Gasteiger charge is -2.24. The highest BCUT2D eigenvalue weighted by Gasteiger charge is 2.33. The van der Waals surface area contributed by atoms with Gasteiger partial charge in [-0.25, -0.2) is 0 Å². The predicted octanol–water partition coefficient (Wildman–Crippen LogP) is 3.73. The number of nitrogens with zero attached hydrogens (tertiary/aromatic N) is 4. The van der Waals surface area contributed by atoms with Crippen molar-refractivity contribution in [2.75, 3.05) is 32.5 Å². The summed E-state index contributed by atoms with van der Waals surface area (Å²) in [6, 6.07) is 2.11. The van der Waals surface area contributed by atoms with Gasteiger partial charge in [-0.2, -0.15) is 10.2 Å². The van der Waals surface area contributed by atoms with E-state index in [1.807, 2.05) is 11.6 Å². The van der Waals surface area contributed by atoms with Gasteiger partial charge in [0.05, 0.1) is 35.6 Å². The molecule has 6 N–H and O–H groups in total. The summed E-state index contributed by atoms with van der Waals surface area (Å²) >= 11 is 6.98. The number of hydrogen-bond acceptors (Lipinski definition) is 6. The highest BCUT2D eigenvalue weighted by Crippen LogP contribution is 2.45. The first-order chi connectivity index (χ1) is 17.8. The van der Waals surface area contributed by atoms with Gasteiger partial charge in [-0.05, 0) is 76.2 Å². The number of nitrogens with two attached hydrogens (primary N) is 2. The minimum atomic E-state index is -0.0836. The molecule has 1 aromatic carbocycles. The normalized spacial score (nSPS) is 18.2. The van der Waals surface area contributed by atoms with E-state index in [4.69, 9.17) is 43.4 Å². The number of ether oxygens (including phenoxy) is 1. The molecule has 2 aromatic heterocycles. The van der Waals surface area contributed by atoms with E-state index in [1.54, 1.807) is 13.2 Å². The van der Waals surface area contributed by atoms with Crippen LogP contribution in [0.1, 0.15) is 65.0 Å². The maximum atomic E-state index is 8.36. The standard InChI is InChI=1S/C27H37ClN8O/c1-15-12-20(29)23(27(30)31)24(25(15)28)22-16(2)36(19-6-8-32-9-7-19)34-26(22)17-4-5-21-18(13-17)14-35(33-21)10-11-37-3/h12,14,17,19,32H,4-11,13,29H2,1-3H3,(H3,30,31). The Hall–Kier alpha value is -2.88. The average molecular weight is 525 g/mol. The molecule has 9 nitrogen and oxygen atoms in total. The fraction of sp³-hybridized carbons (Fsp3) is 0.519. The highest BCUT2D eigenvalue weighted by atomic mass is 35.5. The lowest BCUT2D eigenvalue weighted by molar-refractivity contribution is 0.183. The number of fused-ring (bicyclic) bond motifs is 1. The Kier molecular flexibility index (Phi) is 7.29. The van der Waals surface area contributed by atoms with Gasteiger partial charge in [0.25, 0.3) is 0 Å². The van der Waals surface area contributed by atoms with E-state index >= 15 is 0 Å². The second-order valence-electron chi connectivity index (χ2n) is 10.3. The van der Waals surface area contributed by atoms with E-state index in [9.17, 15) is 0 Å². The van der Waals surface area contributed by atoms with Crippen LogP contribution in [0.25, 0.3) is 11.1 Å². The molecule has 1 atom stereocenters. The smallest absolute Gasteiger partial charge is 0.125 e. The van der Waals surface area contributed by atoms with Gasteiger partial charge < -0.3 is 21.5 Å². The van der Waals surface area contributed by atoms with E-state index in [0.717, 1.165) is 85.5 Å². The van der Waals surface area contributed by atoms with Crippen molar-refractivity contribution in [1.29, 1.82) is 5.41 Å². The topological polar surface area (TPSA) is 133 Å². The summed E-state index contributed by atoms with van der Waals surface area (Å²) in [6.45, 7) is 7.37. The summed E-state index contributed by atoms with van der Waals surface area (Å²) in [7, 11) is 1.71. The number of benzene rings is 1. The summed E-state index contributed by atoms with van der Waals surface area (Å²) in [6.07, 6.45) is 6.87. The largest absolute Gasteiger partial charge is 0.398 e. The Balaban J connectivity index is 1.65. The first-order valence-corrected chi connectivity index (χ1v) is 13.4. The fourth-order valence-corrected chi connectivity index (χ4v) is 6.23. The zero-order chi connectivity index (χ0) is 26.3. The molecule has 1 aliphatic heterocycles. The van der Waals surface area contributed by atoms with Crippen LogP contribution >= 0.6 is 11.6 Å². The second-order valence-corrected chi connectivity index (χ2v) is 10.7. The maximum absolute atomic E-state index is 8.36. The maximum Gasteiger partial charge on any atom is 0.125 e. The highest BCUT2D eigenvalue weighted by molar-refractivity contribution is 6.35. The minimum Gasteiger partial charge on any atom is -0.398 e. The van der Waals surface area contributed by atoms with Crippen LogP contribution in [0.3, 0.4) is 0 Å². The zero-order valence-electron chi connectivity index (χ0n) is 21.9. The predicted molar refractivity (Wildman–Crippen MR) is 148 cm³/mol. The van der Waals surface area contributed by atoms with Gasteiger partial charge in [-0.1, -0.05) is 11.6 Å². The number of piperidine rings is 1. The van der Waals surface area contributed by atoms with Crippen LogP contribution in [0.2, 0.25) is 5.02 Å². The fourth-order valence-electron chi connectivity index (χ4n) is 5.98. The van der Waals surface area contributed by atoms with Crippen molar-refractivity contribution in [3.05, 3.63) is 51.1 Å².